The SMILES string of the molecule is CC(C)(C)OC(=O)N1CCCC(C#Cc2cccc(C(F)(F)F)c2)C1. The molecular formula is C19H22F3NO2. The third kappa shape index (κ3) is 6.00. The summed E-state index contributed by atoms with van der Waals surface area (Å²) in [4.78, 5) is 13.7. The largest absolute Gasteiger partial charge is 0.444 e. The van der Waals surface area contributed by atoms with Gasteiger partial charge in [0.25, 0.3) is 0 Å². The first-order chi connectivity index (χ1) is 11.5. The Balaban J connectivity index is 2.04. The van der Waals surface area contributed by atoms with Crippen LogP contribution < -0.4 is 0 Å². The molecule has 0 radical (unpaired) electrons. The number of nitrogens with zero attached hydrogens (tertiary/aromatic N) is 1. The van der Waals surface area contributed by atoms with Gasteiger partial charge in [-0.25, -0.2) is 4.79 Å². The molecule has 1 unspecified atom stereocenters. The van der Waals surface area contributed by atoms with Crippen LogP contribution >= 0.6 is 0 Å². The highest BCUT2D eigenvalue weighted by atomic mass is 19.4. The fourth-order valence-corrected chi connectivity index (χ4v) is 2.55. The van der Waals surface area contributed by atoms with E-state index in [0.717, 1.165) is 25.0 Å². The average Bonchev–Trinajstić information content (AvgIpc) is 2.51. The minimum absolute atomic E-state index is 0.0733. The summed E-state index contributed by atoms with van der Waals surface area (Å²) in [6, 6.07) is 4.97. The number of alkyl halides is 3. The van der Waals surface area contributed by atoms with Crippen LogP contribution in [0.5, 0.6) is 0 Å². The number of carbonyl (C=O) groups is 1. The first-order valence-electron chi connectivity index (χ1n) is 8.21. The topological polar surface area (TPSA) is 29.5 Å². The number of hydrogen-bond donors (Lipinski definition) is 0. The number of benzene rings is 1. The molecule has 0 N–H and O–H groups in total. The van der Waals surface area contributed by atoms with Crippen molar-refractivity contribution in [1.29, 1.82) is 0 Å². The van der Waals surface area contributed by atoms with Crippen LogP contribution in [0.1, 0.15) is 44.7 Å². The van der Waals surface area contributed by atoms with Crippen molar-refractivity contribution in [2.75, 3.05) is 13.1 Å². The average molecular weight is 353 g/mol. The van der Waals surface area contributed by atoms with Crippen LogP contribution in [0, 0.1) is 17.8 Å². The van der Waals surface area contributed by atoms with Gasteiger partial charge in [0, 0.05) is 24.6 Å². The molecule has 1 fully saturated rings. The van der Waals surface area contributed by atoms with E-state index in [9.17, 15) is 18.0 Å². The van der Waals surface area contributed by atoms with Crippen LogP contribution in [0.15, 0.2) is 24.3 Å². The predicted octanol–water partition coefficient (Wildman–Crippen LogP) is 4.70. The number of halogens is 3. The van der Waals surface area contributed by atoms with Crippen molar-refractivity contribution < 1.29 is 22.7 Å². The van der Waals surface area contributed by atoms with Crippen molar-refractivity contribution in [3.05, 3.63) is 35.4 Å². The molecule has 1 atom stereocenters. The number of piperidine rings is 1. The Kier molecular flexibility index (Phi) is 5.66. The Bertz CT molecular complexity index is 680. The Morgan fingerprint density at radius 3 is 2.64 bits per heavy atom. The molecule has 0 saturated carbocycles. The maximum atomic E-state index is 12.7. The molecule has 6 heteroatoms. The number of likely N-dealkylation sites (tertiary alicyclic amines) is 1. The van der Waals surface area contributed by atoms with Crippen LogP contribution in [0.4, 0.5) is 18.0 Å². The minimum Gasteiger partial charge on any atom is -0.444 e. The molecule has 1 aromatic carbocycles. The molecule has 1 heterocycles. The summed E-state index contributed by atoms with van der Waals surface area (Å²) in [5.41, 5.74) is -0.948. The third-order valence-electron chi connectivity index (χ3n) is 3.68. The molecule has 0 spiro atoms. The quantitative estimate of drug-likeness (QED) is 0.633. The van der Waals surface area contributed by atoms with Crippen molar-refractivity contribution in [3.8, 4) is 11.8 Å². The molecule has 0 aromatic heterocycles. The van der Waals surface area contributed by atoms with E-state index in [1.807, 2.05) is 0 Å². The number of carbonyl (C=O) groups excluding carboxylic acids is 1. The van der Waals surface area contributed by atoms with E-state index in [1.165, 1.54) is 6.07 Å². The minimum atomic E-state index is -4.38. The van der Waals surface area contributed by atoms with Crippen molar-refractivity contribution in [1.82, 2.24) is 4.90 Å². The van der Waals surface area contributed by atoms with Crippen LogP contribution in [-0.2, 0) is 10.9 Å². The molecule has 2 rings (SSSR count). The normalized spacial score (nSPS) is 18.3. The summed E-state index contributed by atoms with van der Waals surface area (Å²) >= 11 is 0. The van der Waals surface area contributed by atoms with Crippen LogP contribution in [0.2, 0.25) is 0 Å². The van der Waals surface area contributed by atoms with Gasteiger partial charge in [0.1, 0.15) is 5.60 Å². The molecule has 1 saturated heterocycles. The highest BCUT2D eigenvalue weighted by molar-refractivity contribution is 5.68. The summed E-state index contributed by atoms with van der Waals surface area (Å²) < 4.78 is 43.6. The molecule has 0 bridgehead atoms. The molecule has 1 aliphatic rings. The van der Waals surface area contributed by atoms with Gasteiger partial charge in [0.2, 0.25) is 0 Å². The molecule has 136 valence electrons. The molecular weight excluding hydrogens is 331 g/mol. The number of ether oxygens (including phenoxy) is 1. The fourth-order valence-electron chi connectivity index (χ4n) is 2.55. The molecule has 1 aromatic rings. The van der Waals surface area contributed by atoms with Gasteiger partial charge in [-0.05, 0) is 51.8 Å². The fraction of sp³-hybridized carbons (Fsp3) is 0.526. The number of amides is 1. The van der Waals surface area contributed by atoms with Crippen LogP contribution in [0.25, 0.3) is 0 Å². The number of hydrogen-bond acceptors (Lipinski definition) is 2. The third-order valence-corrected chi connectivity index (χ3v) is 3.68. The zero-order valence-corrected chi connectivity index (χ0v) is 14.6. The van der Waals surface area contributed by atoms with Gasteiger partial charge in [-0.1, -0.05) is 17.9 Å². The van der Waals surface area contributed by atoms with E-state index >= 15 is 0 Å². The van der Waals surface area contributed by atoms with Crippen molar-refractivity contribution in [3.63, 3.8) is 0 Å². The van der Waals surface area contributed by atoms with Gasteiger partial charge in [-0.3, -0.25) is 0 Å². The van der Waals surface area contributed by atoms with Crippen LogP contribution in [0.3, 0.4) is 0 Å². The van der Waals surface area contributed by atoms with E-state index in [-0.39, 0.29) is 12.0 Å². The van der Waals surface area contributed by atoms with E-state index in [1.54, 1.807) is 31.7 Å². The molecule has 25 heavy (non-hydrogen) atoms. The molecule has 0 aliphatic carbocycles. The highest BCUT2D eigenvalue weighted by Crippen LogP contribution is 2.29. The Labute approximate surface area is 146 Å². The van der Waals surface area contributed by atoms with Gasteiger partial charge < -0.3 is 9.64 Å². The maximum Gasteiger partial charge on any atom is 0.416 e. The highest BCUT2D eigenvalue weighted by Gasteiger charge is 2.30. The summed E-state index contributed by atoms with van der Waals surface area (Å²) in [5.74, 6) is 5.73. The smallest absolute Gasteiger partial charge is 0.416 e. The molecule has 1 amide bonds. The monoisotopic (exact) mass is 353 g/mol. The zero-order chi connectivity index (χ0) is 18.7. The summed E-state index contributed by atoms with van der Waals surface area (Å²) in [5, 5.41) is 0. The molecule has 1 aliphatic heterocycles. The summed E-state index contributed by atoms with van der Waals surface area (Å²) in [7, 11) is 0. The second-order valence-corrected chi connectivity index (χ2v) is 7.11. The lowest BCUT2D eigenvalue weighted by Crippen LogP contribution is -2.42. The second-order valence-electron chi connectivity index (χ2n) is 7.11. The molecule has 3 nitrogen and oxygen atoms in total. The summed E-state index contributed by atoms with van der Waals surface area (Å²) in [6.45, 7) is 6.46. The van der Waals surface area contributed by atoms with E-state index in [2.05, 4.69) is 11.8 Å². The van der Waals surface area contributed by atoms with E-state index in [0.29, 0.717) is 18.7 Å². The first-order valence-corrected chi connectivity index (χ1v) is 8.21. The van der Waals surface area contributed by atoms with Crippen molar-refractivity contribution >= 4 is 6.09 Å². The zero-order valence-electron chi connectivity index (χ0n) is 14.6. The van der Waals surface area contributed by atoms with E-state index < -0.39 is 17.3 Å². The van der Waals surface area contributed by atoms with Crippen molar-refractivity contribution in [2.45, 2.75) is 45.4 Å². The van der Waals surface area contributed by atoms with Crippen LogP contribution in [-0.4, -0.2) is 29.7 Å². The maximum absolute atomic E-state index is 12.7. The van der Waals surface area contributed by atoms with Gasteiger partial charge in [-0.2, -0.15) is 13.2 Å². The predicted molar refractivity (Wildman–Crippen MR) is 88.9 cm³/mol. The van der Waals surface area contributed by atoms with Gasteiger partial charge >= 0.3 is 12.3 Å². The Hall–Kier alpha value is -2.16. The lowest BCUT2D eigenvalue weighted by molar-refractivity contribution is -0.137. The lowest BCUT2D eigenvalue weighted by atomic mass is 9.98. The van der Waals surface area contributed by atoms with Crippen molar-refractivity contribution in [2.24, 2.45) is 5.92 Å². The van der Waals surface area contributed by atoms with Gasteiger partial charge in [-0.15, -0.1) is 0 Å². The summed E-state index contributed by atoms with van der Waals surface area (Å²) in [6.07, 6.45) is -3.15. The Morgan fingerprint density at radius 1 is 1.28 bits per heavy atom. The standard InChI is InChI=1S/C19H22F3NO2/c1-18(2,3)25-17(24)23-11-5-7-15(13-23)10-9-14-6-4-8-16(12-14)19(20,21)22/h4,6,8,12,15H,5,7,11,13H2,1-3H3. The van der Waals surface area contributed by atoms with Gasteiger partial charge in [0.05, 0.1) is 5.56 Å². The first kappa shape index (κ1) is 19.2. The number of rotatable bonds is 0. The lowest BCUT2D eigenvalue weighted by Gasteiger charge is -2.32. The Morgan fingerprint density at radius 2 is 2.00 bits per heavy atom. The van der Waals surface area contributed by atoms with E-state index in [4.69, 9.17) is 4.74 Å². The second kappa shape index (κ2) is 7.38. The van der Waals surface area contributed by atoms with Gasteiger partial charge in [0.15, 0.2) is 0 Å².